The standard InChI is InChI=1S/C20H19N3O5/c1-11(24)22-6-5-15-13(9-22)10-23(19(26)17(15)20(27)28)14-3-4-16-12(7-14)8-21(2)18(16)25/h3-4,7,10H,5-6,8-9H2,1-2H3,(H,27,28). The summed E-state index contributed by atoms with van der Waals surface area (Å²) in [6.07, 6.45) is 1.94. The number of benzene rings is 1. The summed E-state index contributed by atoms with van der Waals surface area (Å²) in [5, 5.41) is 9.65. The Labute approximate surface area is 160 Å². The normalized spacial score (nSPS) is 15.4. The molecule has 0 saturated heterocycles. The van der Waals surface area contributed by atoms with Gasteiger partial charge in [-0.1, -0.05) is 0 Å². The minimum absolute atomic E-state index is 0.0809. The smallest absolute Gasteiger partial charge is 0.341 e. The van der Waals surface area contributed by atoms with Gasteiger partial charge >= 0.3 is 5.97 Å². The number of amides is 2. The van der Waals surface area contributed by atoms with E-state index >= 15 is 0 Å². The van der Waals surface area contributed by atoms with Gasteiger partial charge in [0, 0.05) is 51.1 Å². The zero-order valence-corrected chi connectivity index (χ0v) is 15.6. The zero-order valence-electron chi connectivity index (χ0n) is 15.6. The average molecular weight is 381 g/mol. The summed E-state index contributed by atoms with van der Waals surface area (Å²) in [5.74, 6) is -1.45. The molecule has 2 aliphatic rings. The van der Waals surface area contributed by atoms with Crippen molar-refractivity contribution in [1.82, 2.24) is 14.4 Å². The van der Waals surface area contributed by atoms with Gasteiger partial charge in [-0.15, -0.1) is 0 Å². The number of pyridine rings is 1. The number of hydrogen-bond acceptors (Lipinski definition) is 4. The Morgan fingerprint density at radius 2 is 1.86 bits per heavy atom. The van der Waals surface area contributed by atoms with E-state index in [9.17, 15) is 24.3 Å². The summed E-state index contributed by atoms with van der Waals surface area (Å²) in [5.41, 5.74) is 2.14. The van der Waals surface area contributed by atoms with E-state index in [4.69, 9.17) is 0 Å². The van der Waals surface area contributed by atoms with Gasteiger partial charge < -0.3 is 14.9 Å². The lowest BCUT2D eigenvalue weighted by atomic mass is 9.96. The van der Waals surface area contributed by atoms with Crippen LogP contribution in [0.25, 0.3) is 5.69 Å². The van der Waals surface area contributed by atoms with Crippen LogP contribution in [0.3, 0.4) is 0 Å². The van der Waals surface area contributed by atoms with Crippen molar-refractivity contribution in [2.75, 3.05) is 13.6 Å². The van der Waals surface area contributed by atoms with Crippen LogP contribution in [-0.4, -0.2) is 50.8 Å². The van der Waals surface area contributed by atoms with Crippen molar-refractivity contribution in [1.29, 1.82) is 0 Å². The number of aromatic carboxylic acids is 1. The zero-order chi connectivity index (χ0) is 20.2. The highest BCUT2D eigenvalue weighted by Crippen LogP contribution is 2.26. The predicted molar refractivity (Wildman–Crippen MR) is 99.6 cm³/mol. The molecule has 8 nitrogen and oxygen atoms in total. The van der Waals surface area contributed by atoms with Gasteiger partial charge in [-0.3, -0.25) is 19.0 Å². The number of hydrogen-bond donors (Lipinski definition) is 1. The van der Waals surface area contributed by atoms with E-state index in [0.29, 0.717) is 41.9 Å². The Morgan fingerprint density at radius 1 is 1.11 bits per heavy atom. The number of aromatic nitrogens is 1. The number of carboxylic acid groups (broad SMARTS) is 1. The van der Waals surface area contributed by atoms with Crippen LogP contribution in [0.2, 0.25) is 0 Å². The van der Waals surface area contributed by atoms with Crippen molar-refractivity contribution in [2.45, 2.75) is 26.4 Å². The molecule has 1 aromatic carbocycles. The highest BCUT2D eigenvalue weighted by atomic mass is 16.4. The van der Waals surface area contributed by atoms with Gasteiger partial charge in [0.2, 0.25) is 5.91 Å². The second-order valence-electron chi connectivity index (χ2n) is 7.18. The van der Waals surface area contributed by atoms with E-state index in [0.717, 1.165) is 5.56 Å². The molecule has 28 heavy (non-hydrogen) atoms. The second-order valence-corrected chi connectivity index (χ2v) is 7.18. The molecule has 0 unspecified atom stereocenters. The number of carbonyl (C=O) groups is 3. The molecule has 0 saturated carbocycles. The second kappa shape index (κ2) is 6.33. The highest BCUT2D eigenvalue weighted by Gasteiger charge is 2.28. The molecule has 1 N–H and O–H groups in total. The maximum absolute atomic E-state index is 13.0. The lowest BCUT2D eigenvalue weighted by Crippen LogP contribution is -2.38. The fraction of sp³-hybridized carbons (Fsp3) is 0.300. The SMILES string of the molecule is CC(=O)N1CCc2c(cn(-c3ccc4c(c3)CN(C)C4=O)c(=O)c2C(=O)O)C1. The fourth-order valence-electron chi connectivity index (χ4n) is 3.94. The molecular weight excluding hydrogens is 362 g/mol. The van der Waals surface area contributed by atoms with Crippen LogP contribution in [0.1, 0.15) is 44.3 Å². The largest absolute Gasteiger partial charge is 0.477 e. The third-order valence-electron chi connectivity index (χ3n) is 5.41. The first-order valence-electron chi connectivity index (χ1n) is 8.93. The number of nitrogens with zero attached hydrogens (tertiary/aromatic N) is 3. The highest BCUT2D eigenvalue weighted by molar-refractivity contribution is 5.98. The molecule has 8 heteroatoms. The van der Waals surface area contributed by atoms with Gasteiger partial charge in [0.25, 0.3) is 11.5 Å². The van der Waals surface area contributed by atoms with Crippen molar-refractivity contribution in [3.63, 3.8) is 0 Å². The van der Waals surface area contributed by atoms with Gasteiger partial charge in [0.1, 0.15) is 5.56 Å². The molecule has 0 spiro atoms. The molecule has 2 aromatic rings. The van der Waals surface area contributed by atoms with E-state index < -0.39 is 11.5 Å². The quantitative estimate of drug-likeness (QED) is 0.837. The number of carbonyl (C=O) groups excluding carboxylic acids is 2. The maximum Gasteiger partial charge on any atom is 0.341 e. The van der Waals surface area contributed by atoms with Crippen LogP contribution < -0.4 is 5.56 Å². The summed E-state index contributed by atoms with van der Waals surface area (Å²) >= 11 is 0. The molecule has 4 rings (SSSR count). The van der Waals surface area contributed by atoms with Crippen molar-refractivity contribution in [3.05, 3.63) is 62.6 Å². The Bertz CT molecular complexity index is 1100. The third kappa shape index (κ3) is 2.69. The molecule has 0 bridgehead atoms. The molecule has 1 aromatic heterocycles. The third-order valence-corrected chi connectivity index (χ3v) is 5.41. The first-order valence-corrected chi connectivity index (χ1v) is 8.93. The van der Waals surface area contributed by atoms with E-state index in [2.05, 4.69) is 0 Å². The average Bonchev–Trinajstić information content (AvgIpc) is 2.93. The first kappa shape index (κ1) is 18.0. The molecule has 144 valence electrons. The van der Waals surface area contributed by atoms with Gasteiger partial charge in [0.15, 0.2) is 0 Å². The van der Waals surface area contributed by atoms with Crippen molar-refractivity contribution >= 4 is 17.8 Å². The van der Waals surface area contributed by atoms with E-state index in [1.165, 1.54) is 11.5 Å². The van der Waals surface area contributed by atoms with Gasteiger partial charge in [-0.25, -0.2) is 4.79 Å². The van der Waals surface area contributed by atoms with Crippen LogP contribution in [0.5, 0.6) is 0 Å². The predicted octanol–water partition coefficient (Wildman–Crippen LogP) is 1.03. The van der Waals surface area contributed by atoms with Crippen molar-refractivity contribution in [3.8, 4) is 5.69 Å². The molecule has 0 atom stereocenters. The van der Waals surface area contributed by atoms with Crippen LogP contribution >= 0.6 is 0 Å². The number of rotatable bonds is 2. The minimum Gasteiger partial charge on any atom is -0.477 e. The monoisotopic (exact) mass is 381 g/mol. The summed E-state index contributed by atoms with van der Waals surface area (Å²) < 4.78 is 1.30. The maximum atomic E-state index is 13.0. The van der Waals surface area contributed by atoms with Crippen LogP contribution in [0.15, 0.2) is 29.2 Å². The van der Waals surface area contributed by atoms with Crippen LogP contribution in [-0.2, 0) is 24.3 Å². The summed E-state index contributed by atoms with van der Waals surface area (Å²) in [6.45, 7) is 2.55. The molecule has 0 fully saturated rings. The molecule has 2 amide bonds. The van der Waals surface area contributed by atoms with E-state index in [1.807, 2.05) is 0 Å². The van der Waals surface area contributed by atoms with Crippen molar-refractivity contribution < 1.29 is 19.5 Å². The van der Waals surface area contributed by atoms with Gasteiger partial charge in [0.05, 0.1) is 0 Å². The fourth-order valence-corrected chi connectivity index (χ4v) is 3.94. The van der Waals surface area contributed by atoms with E-state index in [1.54, 1.807) is 41.2 Å². The Kier molecular flexibility index (Phi) is 4.06. The lowest BCUT2D eigenvalue weighted by Gasteiger charge is -2.29. The number of carboxylic acids is 1. The lowest BCUT2D eigenvalue weighted by molar-refractivity contribution is -0.129. The minimum atomic E-state index is -1.28. The van der Waals surface area contributed by atoms with Gasteiger partial charge in [-0.2, -0.15) is 0 Å². The van der Waals surface area contributed by atoms with E-state index in [-0.39, 0.29) is 23.9 Å². The Morgan fingerprint density at radius 3 is 2.54 bits per heavy atom. The molecule has 0 aliphatic carbocycles. The summed E-state index contributed by atoms with van der Waals surface area (Å²) in [7, 11) is 1.70. The van der Waals surface area contributed by atoms with Crippen molar-refractivity contribution in [2.24, 2.45) is 0 Å². The summed E-state index contributed by atoms with van der Waals surface area (Å²) in [6, 6.07) is 5.04. The number of fused-ring (bicyclic) bond motifs is 2. The van der Waals surface area contributed by atoms with Gasteiger partial charge in [-0.05, 0) is 41.3 Å². The van der Waals surface area contributed by atoms with Crippen LogP contribution in [0.4, 0.5) is 0 Å². The Hall–Kier alpha value is -3.42. The molecule has 3 heterocycles. The molecule has 2 aliphatic heterocycles. The Balaban J connectivity index is 1.88. The molecule has 0 radical (unpaired) electrons. The molecular formula is C20H19N3O5. The van der Waals surface area contributed by atoms with Crippen LogP contribution in [0, 0.1) is 0 Å². The summed E-state index contributed by atoms with van der Waals surface area (Å²) in [4.78, 5) is 51.8. The first-order chi connectivity index (χ1) is 13.3. The topological polar surface area (TPSA) is 99.9 Å².